The summed E-state index contributed by atoms with van der Waals surface area (Å²) in [7, 11) is 0. The maximum absolute atomic E-state index is 6.58. The highest BCUT2D eigenvalue weighted by molar-refractivity contribution is 6.32. The van der Waals surface area contributed by atoms with Crippen molar-refractivity contribution in [1.82, 2.24) is 0 Å². The molecule has 5 aromatic carbocycles. The number of halogens is 1. The van der Waals surface area contributed by atoms with E-state index in [2.05, 4.69) is 76.2 Å². The van der Waals surface area contributed by atoms with Gasteiger partial charge in [-0.05, 0) is 70.5 Å². The van der Waals surface area contributed by atoms with Gasteiger partial charge in [-0.1, -0.05) is 66.2 Å². The minimum Gasteiger partial charge on any atom is -0.490 e. The lowest BCUT2D eigenvalue weighted by Crippen LogP contribution is -2.10. The lowest BCUT2D eigenvalue weighted by atomic mass is 9.89. The van der Waals surface area contributed by atoms with Gasteiger partial charge in [0.1, 0.15) is 17.2 Å². The van der Waals surface area contributed by atoms with Crippen LogP contribution in [0.5, 0.6) is 17.2 Å². The van der Waals surface area contributed by atoms with Gasteiger partial charge in [-0.2, -0.15) is 0 Å². The summed E-state index contributed by atoms with van der Waals surface area (Å²) >= 11 is 6.54. The van der Waals surface area contributed by atoms with Crippen molar-refractivity contribution in [3.05, 3.63) is 77.8 Å². The molecule has 4 heteroatoms. The van der Waals surface area contributed by atoms with Crippen LogP contribution in [0.2, 0.25) is 5.02 Å². The molecule has 0 saturated heterocycles. The quantitative estimate of drug-likeness (QED) is 0.203. The molecule has 0 bridgehead atoms. The summed E-state index contributed by atoms with van der Waals surface area (Å²) in [5.74, 6) is 2.53. The Kier molecular flexibility index (Phi) is 6.92. The van der Waals surface area contributed by atoms with E-state index in [0.29, 0.717) is 5.02 Å². The first-order valence-corrected chi connectivity index (χ1v) is 13.3. The monoisotopic (exact) mass is 512 g/mol. The van der Waals surface area contributed by atoms with Crippen LogP contribution < -0.4 is 14.2 Å². The highest BCUT2D eigenvalue weighted by atomic mass is 35.5. The third-order valence-electron chi connectivity index (χ3n) is 6.23. The number of ether oxygens (including phenoxy) is 3. The molecule has 0 fully saturated rings. The number of hydrogen-bond donors (Lipinski definition) is 0. The predicted octanol–water partition coefficient (Wildman–Crippen LogP) is 9.83. The first kappa shape index (κ1) is 25.2. The van der Waals surface area contributed by atoms with Gasteiger partial charge in [0.2, 0.25) is 0 Å². The van der Waals surface area contributed by atoms with Crippen molar-refractivity contribution in [2.24, 2.45) is 0 Å². The van der Waals surface area contributed by atoms with Gasteiger partial charge in [-0.25, -0.2) is 0 Å². The van der Waals surface area contributed by atoms with Crippen molar-refractivity contribution in [3.8, 4) is 28.4 Å². The van der Waals surface area contributed by atoms with E-state index in [0.717, 1.165) is 60.7 Å². The van der Waals surface area contributed by atoms with Crippen molar-refractivity contribution in [2.45, 2.75) is 59.9 Å². The van der Waals surface area contributed by atoms with Gasteiger partial charge in [0.25, 0.3) is 0 Å². The van der Waals surface area contributed by atoms with Crippen molar-refractivity contribution < 1.29 is 14.2 Å². The molecule has 0 radical (unpaired) electrons. The van der Waals surface area contributed by atoms with Gasteiger partial charge in [0.05, 0.1) is 18.3 Å². The summed E-state index contributed by atoms with van der Waals surface area (Å²) < 4.78 is 19.4. The van der Waals surface area contributed by atoms with Crippen molar-refractivity contribution >= 4 is 43.9 Å². The smallest absolute Gasteiger partial charge is 0.135 e. The maximum atomic E-state index is 6.58. The van der Waals surface area contributed by atoms with E-state index in [9.17, 15) is 0 Å². The zero-order valence-corrected chi connectivity index (χ0v) is 23.0. The second-order valence-corrected chi connectivity index (χ2v) is 10.7. The minimum atomic E-state index is -0.00505. The molecule has 0 heterocycles. The summed E-state index contributed by atoms with van der Waals surface area (Å²) in [6.07, 6.45) is 0.0414. The summed E-state index contributed by atoms with van der Waals surface area (Å²) in [6.45, 7) is 12.3. The van der Waals surface area contributed by atoms with E-state index in [-0.39, 0.29) is 18.3 Å². The Bertz CT molecular complexity index is 1600. The Hall–Kier alpha value is -3.43. The Morgan fingerprint density at radius 1 is 0.514 bits per heavy atom. The molecule has 0 aliphatic carbocycles. The van der Waals surface area contributed by atoms with Gasteiger partial charge in [0.15, 0.2) is 0 Å². The highest BCUT2D eigenvalue weighted by Gasteiger charge is 2.23. The van der Waals surface area contributed by atoms with Crippen LogP contribution in [-0.4, -0.2) is 18.3 Å². The molecule has 0 aliphatic rings. The number of rotatable bonds is 7. The van der Waals surface area contributed by atoms with Crippen LogP contribution >= 0.6 is 11.6 Å². The van der Waals surface area contributed by atoms with E-state index in [1.807, 2.05) is 38.1 Å². The number of fused-ring (bicyclic) bond motifs is 3. The van der Waals surface area contributed by atoms with Crippen molar-refractivity contribution in [3.63, 3.8) is 0 Å². The fourth-order valence-electron chi connectivity index (χ4n) is 4.98. The lowest BCUT2D eigenvalue weighted by molar-refractivity contribution is 0.240. The van der Waals surface area contributed by atoms with Crippen LogP contribution in [0, 0.1) is 0 Å². The van der Waals surface area contributed by atoms with E-state index in [1.165, 1.54) is 0 Å². The first-order valence-electron chi connectivity index (χ1n) is 12.9. The largest absolute Gasteiger partial charge is 0.490 e. The second kappa shape index (κ2) is 10.1. The molecule has 0 N–H and O–H groups in total. The predicted molar refractivity (Wildman–Crippen MR) is 157 cm³/mol. The fourth-order valence-corrected chi connectivity index (χ4v) is 5.15. The second-order valence-electron chi connectivity index (χ2n) is 10.2. The average molecular weight is 513 g/mol. The molecule has 5 aromatic rings. The summed E-state index contributed by atoms with van der Waals surface area (Å²) in [6, 6.07) is 24.9. The lowest BCUT2D eigenvalue weighted by Gasteiger charge is -2.24. The molecule has 190 valence electrons. The zero-order valence-electron chi connectivity index (χ0n) is 22.3. The van der Waals surface area contributed by atoms with Crippen LogP contribution in [0.25, 0.3) is 43.4 Å². The number of hydrogen-bond acceptors (Lipinski definition) is 3. The van der Waals surface area contributed by atoms with E-state index in [1.54, 1.807) is 0 Å². The first-order chi connectivity index (χ1) is 17.7. The molecule has 0 aromatic heterocycles. The van der Waals surface area contributed by atoms with Crippen LogP contribution in [0.15, 0.2) is 72.8 Å². The molecule has 0 saturated carbocycles. The van der Waals surface area contributed by atoms with Crippen molar-refractivity contribution in [2.75, 3.05) is 0 Å². The molecule has 3 nitrogen and oxygen atoms in total. The Morgan fingerprint density at radius 3 is 1.65 bits per heavy atom. The number of benzene rings is 5. The summed E-state index contributed by atoms with van der Waals surface area (Å²) in [5.41, 5.74) is 2.07. The molecular formula is C33H33ClO3. The standard InChI is InChI=1S/C33H33ClO3/c1-19(2)35-30-18-29(33(37-21(5)6)26-13-9-7-11-23(26)30)31-24-12-8-10-14-27(24)32(36-20(3)4)28-17-22(34)15-16-25(28)31/h7-21H,1-6H3. The van der Waals surface area contributed by atoms with E-state index < -0.39 is 0 Å². The molecule has 0 amide bonds. The fraction of sp³-hybridized carbons (Fsp3) is 0.273. The van der Waals surface area contributed by atoms with Gasteiger partial charge < -0.3 is 14.2 Å². The van der Waals surface area contributed by atoms with Gasteiger partial charge in [-0.3, -0.25) is 0 Å². The van der Waals surface area contributed by atoms with Crippen LogP contribution in [0.3, 0.4) is 0 Å². The minimum absolute atomic E-state index is 0.00505. The van der Waals surface area contributed by atoms with Crippen LogP contribution in [-0.2, 0) is 0 Å². The highest BCUT2D eigenvalue weighted by Crippen LogP contribution is 2.50. The van der Waals surface area contributed by atoms with Gasteiger partial charge in [0, 0.05) is 37.7 Å². The van der Waals surface area contributed by atoms with E-state index in [4.69, 9.17) is 25.8 Å². The molecular weight excluding hydrogens is 480 g/mol. The molecule has 37 heavy (non-hydrogen) atoms. The molecule has 0 atom stereocenters. The molecule has 0 spiro atoms. The zero-order chi connectivity index (χ0) is 26.3. The van der Waals surface area contributed by atoms with E-state index >= 15 is 0 Å². The van der Waals surface area contributed by atoms with Crippen molar-refractivity contribution in [1.29, 1.82) is 0 Å². The van der Waals surface area contributed by atoms with Crippen LogP contribution in [0.1, 0.15) is 41.5 Å². The topological polar surface area (TPSA) is 27.7 Å². The Labute approximate surface area is 223 Å². The van der Waals surface area contributed by atoms with Crippen LogP contribution in [0.4, 0.5) is 0 Å². The van der Waals surface area contributed by atoms with Gasteiger partial charge in [-0.15, -0.1) is 0 Å². The van der Waals surface area contributed by atoms with Gasteiger partial charge >= 0.3 is 0 Å². The maximum Gasteiger partial charge on any atom is 0.135 e. The summed E-state index contributed by atoms with van der Waals surface area (Å²) in [4.78, 5) is 0. The SMILES string of the molecule is CC(C)Oc1cc(-c2c3ccccc3c(OC(C)C)c3cc(Cl)ccc23)c(OC(C)C)c2ccccc12. The third kappa shape index (κ3) is 4.81. The molecule has 5 rings (SSSR count). The summed E-state index contributed by atoms with van der Waals surface area (Å²) in [5, 5.41) is 6.89. The third-order valence-corrected chi connectivity index (χ3v) is 6.47. The molecule has 0 aliphatic heterocycles. The molecule has 0 unspecified atom stereocenters. The Morgan fingerprint density at radius 2 is 1.03 bits per heavy atom. The average Bonchev–Trinajstić information content (AvgIpc) is 2.85. The Balaban J connectivity index is 1.99. The normalized spacial score (nSPS) is 11.8.